The number of furan rings is 1. The fraction of sp³-hybridized carbons (Fsp3) is 0. The second-order valence-corrected chi connectivity index (χ2v) is 5.89. The molecular formula is C18H12Cl2N2O3. The molecule has 0 unspecified atom stereocenters. The van der Waals surface area contributed by atoms with Crippen LogP contribution in [0.1, 0.15) is 16.1 Å². The van der Waals surface area contributed by atoms with E-state index in [1.807, 2.05) is 0 Å². The van der Waals surface area contributed by atoms with Gasteiger partial charge in [0, 0.05) is 16.1 Å². The van der Waals surface area contributed by atoms with Crippen molar-refractivity contribution in [1.82, 2.24) is 5.43 Å². The highest BCUT2D eigenvalue weighted by Gasteiger charge is 2.13. The number of hydrogen-bond acceptors (Lipinski definition) is 4. The number of benzene rings is 2. The highest BCUT2D eigenvalue weighted by molar-refractivity contribution is 6.36. The molecule has 25 heavy (non-hydrogen) atoms. The molecule has 0 saturated heterocycles. The van der Waals surface area contributed by atoms with Gasteiger partial charge in [-0.1, -0.05) is 35.3 Å². The van der Waals surface area contributed by atoms with Crippen LogP contribution in [0.15, 0.2) is 64.1 Å². The molecule has 0 fully saturated rings. The first-order valence-electron chi connectivity index (χ1n) is 7.21. The van der Waals surface area contributed by atoms with E-state index in [-0.39, 0.29) is 11.5 Å². The van der Waals surface area contributed by atoms with E-state index in [0.717, 1.165) is 0 Å². The van der Waals surface area contributed by atoms with Crippen LogP contribution in [0.3, 0.4) is 0 Å². The average molecular weight is 375 g/mol. The second-order valence-electron chi connectivity index (χ2n) is 5.05. The number of nitrogens with zero attached hydrogens (tertiary/aromatic N) is 1. The summed E-state index contributed by atoms with van der Waals surface area (Å²) in [6.07, 6.45) is 1.34. The zero-order valence-electron chi connectivity index (χ0n) is 12.7. The minimum Gasteiger partial charge on any atom is -0.507 e. The summed E-state index contributed by atoms with van der Waals surface area (Å²) in [5, 5.41) is 14.4. The average Bonchev–Trinajstić information content (AvgIpc) is 3.06. The van der Waals surface area contributed by atoms with Gasteiger partial charge in [-0.25, -0.2) is 5.43 Å². The minimum atomic E-state index is -0.525. The number of phenolic OH excluding ortho intramolecular Hbond substituents is 1. The Labute approximate surface area is 153 Å². The lowest BCUT2D eigenvalue weighted by Gasteiger charge is -2.01. The van der Waals surface area contributed by atoms with Gasteiger partial charge in [0.1, 0.15) is 11.5 Å². The number of phenols is 1. The zero-order valence-corrected chi connectivity index (χ0v) is 14.3. The van der Waals surface area contributed by atoms with Crippen LogP contribution in [-0.4, -0.2) is 17.2 Å². The van der Waals surface area contributed by atoms with Gasteiger partial charge in [-0.2, -0.15) is 5.10 Å². The molecule has 5 nitrogen and oxygen atoms in total. The molecule has 0 aliphatic heterocycles. The fourth-order valence-corrected chi connectivity index (χ4v) is 2.61. The molecular weight excluding hydrogens is 363 g/mol. The Kier molecular flexibility index (Phi) is 5.07. The highest BCUT2D eigenvalue weighted by Crippen LogP contribution is 2.31. The Hall–Kier alpha value is -2.76. The molecule has 7 heteroatoms. The van der Waals surface area contributed by atoms with E-state index in [0.29, 0.717) is 26.9 Å². The normalized spacial score (nSPS) is 11.0. The quantitative estimate of drug-likeness (QED) is 0.512. The van der Waals surface area contributed by atoms with E-state index in [9.17, 15) is 9.90 Å². The first-order valence-corrected chi connectivity index (χ1v) is 7.97. The molecule has 0 bridgehead atoms. The number of para-hydroxylation sites is 1. The summed E-state index contributed by atoms with van der Waals surface area (Å²) in [7, 11) is 0. The van der Waals surface area contributed by atoms with Gasteiger partial charge in [-0.3, -0.25) is 4.79 Å². The number of hydrazone groups is 1. The van der Waals surface area contributed by atoms with Crippen LogP contribution in [0, 0.1) is 0 Å². The molecule has 0 spiro atoms. The van der Waals surface area contributed by atoms with Crippen molar-refractivity contribution in [1.29, 1.82) is 0 Å². The summed E-state index contributed by atoms with van der Waals surface area (Å²) in [5.41, 5.74) is 3.44. The first kappa shape index (κ1) is 17.1. The smallest absolute Gasteiger partial charge is 0.307 e. The van der Waals surface area contributed by atoms with Crippen molar-refractivity contribution in [3.8, 4) is 17.1 Å². The molecule has 0 saturated carbocycles. The lowest BCUT2D eigenvalue weighted by Crippen LogP contribution is -2.16. The Balaban J connectivity index is 1.72. The van der Waals surface area contributed by atoms with E-state index < -0.39 is 5.91 Å². The summed E-state index contributed by atoms with van der Waals surface area (Å²) in [5.74, 6) is 0.0631. The second kappa shape index (κ2) is 7.42. The van der Waals surface area contributed by atoms with Gasteiger partial charge in [0.05, 0.1) is 11.2 Å². The predicted molar refractivity (Wildman–Crippen MR) is 97.3 cm³/mol. The van der Waals surface area contributed by atoms with Crippen molar-refractivity contribution in [3.63, 3.8) is 0 Å². The van der Waals surface area contributed by atoms with Crippen molar-refractivity contribution in [3.05, 3.63) is 76.0 Å². The topological polar surface area (TPSA) is 74.8 Å². The number of nitrogens with one attached hydrogen (secondary N) is 1. The van der Waals surface area contributed by atoms with Gasteiger partial charge in [-0.05, 0) is 42.5 Å². The minimum absolute atomic E-state index is 0.0677. The van der Waals surface area contributed by atoms with Crippen molar-refractivity contribution >= 4 is 35.3 Å². The fourth-order valence-electron chi connectivity index (χ4n) is 2.11. The lowest BCUT2D eigenvalue weighted by atomic mass is 10.2. The number of aromatic hydroxyl groups is 1. The van der Waals surface area contributed by atoms with Gasteiger partial charge in [0.2, 0.25) is 0 Å². The number of amides is 1. The number of halogens is 2. The molecule has 0 aliphatic carbocycles. The van der Waals surface area contributed by atoms with Crippen molar-refractivity contribution < 1.29 is 14.3 Å². The van der Waals surface area contributed by atoms with Crippen molar-refractivity contribution in [2.75, 3.05) is 0 Å². The third-order valence-electron chi connectivity index (χ3n) is 3.33. The first-order chi connectivity index (χ1) is 12.0. The molecule has 126 valence electrons. The number of carbonyl (C=O) groups excluding carboxylic acids is 1. The van der Waals surface area contributed by atoms with E-state index in [4.69, 9.17) is 27.6 Å². The van der Waals surface area contributed by atoms with Crippen LogP contribution in [-0.2, 0) is 0 Å². The van der Waals surface area contributed by atoms with Crippen LogP contribution >= 0.6 is 23.2 Å². The van der Waals surface area contributed by atoms with Gasteiger partial charge < -0.3 is 9.52 Å². The van der Waals surface area contributed by atoms with E-state index in [1.54, 1.807) is 42.5 Å². The van der Waals surface area contributed by atoms with Gasteiger partial charge in [0.25, 0.3) is 0 Å². The largest absolute Gasteiger partial charge is 0.507 e. The Morgan fingerprint density at radius 1 is 1.12 bits per heavy atom. The molecule has 0 atom stereocenters. The van der Waals surface area contributed by atoms with Crippen LogP contribution in [0.2, 0.25) is 10.0 Å². The monoisotopic (exact) mass is 374 g/mol. The SMILES string of the molecule is O=C(NN=Cc1ccccc1O)c1ccc(-c2ccc(Cl)cc2Cl)o1. The van der Waals surface area contributed by atoms with Gasteiger partial charge >= 0.3 is 5.91 Å². The summed E-state index contributed by atoms with van der Waals surface area (Å²) in [6.45, 7) is 0. The Morgan fingerprint density at radius 3 is 2.68 bits per heavy atom. The van der Waals surface area contributed by atoms with Crippen LogP contribution in [0.5, 0.6) is 5.75 Å². The standard InChI is InChI=1S/C18H12Cl2N2O3/c19-12-5-6-13(14(20)9-12)16-7-8-17(25-16)18(24)22-21-10-11-3-1-2-4-15(11)23/h1-10,23H,(H,22,24). The third kappa shape index (κ3) is 4.02. The predicted octanol–water partition coefficient (Wildman–Crippen LogP) is 4.72. The molecule has 2 aromatic carbocycles. The van der Waals surface area contributed by atoms with Gasteiger partial charge in [0.15, 0.2) is 5.76 Å². The number of rotatable bonds is 4. The van der Waals surface area contributed by atoms with E-state index >= 15 is 0 Å². The molecule has 3 rings (SSSR count). The maximum atomic E-state index is 12.1. The number of carbonyl (C=O) groups is 1. The van der Waals surface area contributed by atoms with Gasteiger partial charge in [-0.15, -0.1) is 0 Å². The zero-order chi connectivity index (χ0) is 17.8. The number of hydrogen-bond donors (Lipinski definition) is 2. The molecule has 0 aliphatic rings. The van der Waals surface area contributed by atoms with Crippen LogP contribution in [0.25, 0.3) is 11.3 Å². The molecule has 2 N–H and O–H groups in total. The molecule has 0 radical (unpaired) electrons. The lowest BCUT2D eigenvalue weighted by molar-refractivity contribution is 0.0928. The van der Waals surface area contributed by atoms with Crippen molar-refractivity contribution in [2.45, 2.75) is 0 Å². The summed E-state index contributed by atoms with van der Waals surface area (Å²) < 4.78 is 5.52. The Morgan fingerprint density at radius 2 is 1.92 bits per heavy atom. The maximum Gasteiger partial charge on any atom is 0.307 e. The van der Waals surface area contributed by atoms with Crippen molar-refractivity contribution in [2.24, 2.45) is 5.10 Å². The summed E-state index contributed by atoms with van der Waals surface area (Å²) in [4.78, 5) is 12.1. The summed E-state index contributed by atoms with van der Waals surface area (Å²) in [6, 6.07) is 14.8. The third-order valence-corrected chi connectivity index (χ3v) is 3.88. The molecule has 1 aromatic heterocycles. The van der Waals surface area contributed by atoms with Crippen LogP contribution < -0.4 is 5.43 Å². The Bertz CT molecular complexity index is 951. The molecule has 3 aromatic rings. The molecule has 1 amide bonds. The summed E-state index contributed by atoms with van der Waals surface area (Å²) >= 11 is 12.0. The van der Waals surface area contributed by atoms with E-state index in [1.165, 1.54) is 18.3 Å². The van der Waals surface area contributed by atoms with Crippen LogP contribution in [0.4, 0.5) is 0 Å². The maximum absolute atomic E-state index is 12.1. The molecule has 1 heterocycles. The van der Waals surface area contributed by atoms with E-state index in [2.05, 4.69) is 10.5 Å². The highest BCUT2D eigenvalue weighted by atomic mass is 35.5.